The molecular weight excluding hydrogens is 290 g/mol. The molecule has 2 rings (SSSR count). The number of likely N-dealkylation sites (N-methyl/N-ethyl adjacent to an activating group) is 1. The quantitative estimate of drug-likeness (QED) is 0.853. The monoisotopic (exact) mass is 309 g/mol. The van der Waals surface area contributed by atoms with Crippen LogP contribution in [0.15, 0.2) is 42.6 Å². The maximum atomic E-state index is 12.1. The number of anilines is 2. The molecule has 1 heterocycles. The average molecular weight is 309 g/mol. The lowest BCUT2D eigenvalue weighted by Crippen LogP contribution is -2.31. The Hall–Kier alpha value is -2.91. The van der Waals surface area contributed by atoms with Crippen LogP contribution in [0.3, 0.4) is 0 Å². The van der Waals surface area contributed by atoms with Crippen molar-refractivity contribution in [3.8, 4) is 6.07 Å². The highest BCUT2D eigenvalue weighted by Gasteiger charge is 2.07. The summed E-state index contributed by atoms with van der Waals surface area (Å²) in [5.41, 5.74) is 2.46. The van der Waals surface area contributed by atoms with E-state index in [4.69, 9.17) is 5.26 Å². The highest BCUT2D eigenvalue weighted by atomic mass is 16.1. The Kier molecular flexibility index (Phi) is 5.67. The van der Waals surface area contributed by atoms with Crippen molar-refractivity contribution in [2.24, 2.45) is 0 Å². The normalized spacial score (nSPS) is 10.2. The van der Waals surface area contributed by atoms with E-state index in [-0.39, 0.29) is 5.91 Å². The molecule has 2 N–H and O–H groups in total. The van der Waals surface area contributed by atoms with Crippen molar-refractivity contribution in [1.29, 1.82) is 5.26 Å². The van der Waals surface area contributed by atoms with Crippen molar-refractivity contribution in [3.05, 3.63) is 53.9 Å². The summed E-state index contributed by atoms with van der Waals surface area (Å²) in [6.45, 7) is 1.33. The third kappa shape index (κ3) is 5.09. The zero-order chi connectivity index (χ0) is 16.7. The molecule has 0 aliphatic rings. The van der Waals surface area contributed by atoms with Crippen LogP contribution in [0.5, 0.6) is 0 Å². The van der Waals surface area contributed by atoms with Crippen molar-refractivity contribution >= 4 is 17.3 Å². The first-order chi connectivity index (χ1) is 11.1. The molecule has 0 saturated carbocycles. The van der Waals surface area contributed by atoms with Crippen LogP contribution in [-0.4, -0.2) is 43.0 Å². The lowest BCUT2D eigenvalue weighted by Gasteiger charge is -2.11. The largest absolute Gasteiger partial charge is 0.355 e. The van der Waals surface area contributed by atoms with Gasteiger partial charge in [-0.25, -0.2) is 0 Å². The van der Waals surface area contributed by atoms with E-state index in [2.05, 4.69) is 21.7 Å². The number of nitrogens with zero attached hydrogens (tertiary/aromatic N) is 3. The fraction of sp³-hybridized carbons (Fsp3) is 0.235. The van der Waals surface area contributed by atoms with E-state index in [1.165, 1.54) is 0 Å². The molecule has 0 fully saturated rings. The number of carbonyl (C=O) groups excluding carboxylic acids is 1. The number of amides is 1. The number of carbonyl (C=O) groups is 1. The third-order valence-corrected chi connectivity index (χ3v) is 3.12. The first-order valence-electron chi connectivity index (χ1n) is 7.24. The maximum absolute atomic E-state index is 12.1. The van der Waals surface area contributed by atoms with Gasteiger partial charge in [0.15, 0.2) is 0 Å². The first kappa shape index (κ1) is 16.5. The molecule has 118 valence electrons. The molecule has 6 nitrogen and oxygen atoms in total. The molecule has 0 atom stereocenters. The zero-order valence-corrected chi connectivity index (χ0v) is 13.2. The smallest absolute Gasteiger partial charge is 0.269 e. The Bertz CT molecular complexity index is 721. The molecule has 1 aromatic carbocycles. The summed E-state index contributed by atoms with van der Waals surface area (Å²) in [5, 5.41) is 14.9. The Morgan fingerprint density at radius 1 is 1.26 bits per heavy atom. The first-order valence-corrected chi connectivity index (χ1v) is 7.24. The second kappa shape index (κ2) is 7.92. The summed E-state index contributed by atoms with van der Waals surface area (Å²) in [7, 11) is 3.90. The molecule has 2 aromatic rings. The van der Waals surface area contributed by atoms with Crippen molar-refractivity contribution in [3.63, 3.8) is 0 Å². The Morgan fingerprint density at radius 2 is 2.04 bits per heavy atom. The summed E-state index contributed by atoms with van der Waals surface area (Å²) in [6.07, 6.45) is 1.58. The van der Waals surface area contributed by atoms with Gasteiger partial charge in [-0.15, -0.1) is 0 Å². The minimum absolute atomic E-state index is 0.207. The van der Waals surface area contributed by atoms with Gasteiger partial charge in [0.05, 0.1) is 11.6 Å². The van der Waals surface area contributed by atoms with Gasteiger partial charge in [-0.05, 0) is 44.4 Å². The van der Waals surface area contributed by atoms with Crippen LogP contribution in [0, 0.1) is 11.3 Å². The van der Waals surface area contributed by atoms with Crippen molar-refractivity contribution in [2.45, 2.75) is 0 Å². The van der Waals surface area contributed by atoms with E-state index >= 15 is 0 Å². The molecule has 0 spiro atoms. The molecule has 23 heavy (non-hydrogen) atoms. The second-order valence-electron chi connectivity index (χ2n) is 5.31. The number of hydrogen-bond acceptors (Lipinski definition) is 5. The summed E-state index contributed by atoms with van der Waals surface area (Å²) < 4.78 is 0. The van der Waals surface area contributed by atoms with Gasteiger partial charge in [-0.3, -0.25) is 9.78 Å². The Balaban J connectivity index is 2.04. The van der Waals surface area contributed by atoms with Gasteiger partial charge < -0.3 is 15.5 Å². The lowest BCUT2D eigenvalue weighted by molar-refractivity contribution is 0.0946. The minimum Gasteiger partial charge on any atom is -0.355 e. The van der Waals surface area contributed by atoms with E-state index in [0.29, 0.717) is 17.8 Å². The maximum Gasteiger partial charge on any atom is 0.269 e. The number of pyridine rings is 1. The number of hydrogen-bond donors (Lipinski definition) is 2. The van der Waals surface area contributed by atoms with E-state index in [1.807, 2.05) is 25.1 Å². The highest BCUT2D eigenvalue weighted by molar-refractivity contribution is 5.93. The Morgan fingerprint density at radius 3 is 2.78 bits per heavy atom. The molecule has 0 bridgehead atoms. The molecule has 0 aliphatic heterocycles. The van der Waals surface area contributed by atoms with Crippen LogP contribution >= 0.6 is 0 Å². The SMILES string of the molecule is CN(C)CCNC(=O)c1cc(Nc2cccc(C#N)c2)ccn1. The van der Waals surface area contributed by atoms with Gasteiger partial charge in [-0.1, -0.05) is 6.07 Å². The summed E-state index contributed by atoms with van der Waals surface area (Å²) >= 11 is 0. The average Bonchev–Trinajstić information content (AvgIpc) is 2.55. The van der Waals surface area contributed by atoms with Gasteiger partial charge in [0.1, 0.15) is 5.69 Å². The lowest BCUT2D eigenvalue weighted by atomic mass is 10.2. The minimum atomic E-state index is -0.207. The summed E-state index contributed by atoms with van der Waals surface area (Å²) in [4.78, 5) is 18.2. The van der Waals surface area contributed by atoms with Crippen LogP contribution in [0.1, 0.15) is 16.1 Å². The van der Waals surface area contributed by atoms with Crippen molar-refractivity contribution in [2.75, 3.05) is 32.5 Å². The van der Waals surface area contributed by atoms with Crippen LogP contribution in [-0.2, 0) is 0 Å². The predicted octanol–water partition coefficient (Wildman–Crippen LogP) is 1.99. The van der Waals surface area contributed by atoms with Crippen molar-refractivity contribution < 1.29 is 4.79 Å². The van der Waals surface area contributed by atoms with Crippen LogP contribution < -0.4 is 10.6 Å². The fourth-order valence-corrected chi connectivity index (χ4v) is 1.95. The Labute approximate surface area is 135 Å². The van der Waals surface area contributed by atoms with Crippen LogP contribution in [0.2, 0.25) is 0 Å². The zero-order valence-electron chi connectivity index (χ0n) is 13.2. The molecule has 1 amide bonds. The van der Waals surface area contributed by atoms with Gasteiger partial charge in [-0.2, -0.15) is 5.26 Å². The molecular formula is C17H19N5O. The highest BCUT2D eigenvalue weighted by Crippen LogP contribution is 2.17. The topological polar surface area (TPSA) is 81.0 Å². The third-order valence-electron chi connectivity index (χ3n) is 3.12. The number of nitrogens with one attached hydrogen (secondary N) is 2. The molecule has 0 saturated heterocycles. The fourth-order valence-electron chi connectivity index (χ4n) is 1.95. The van der Waals surface area contributed by atoms with E-state index in [1.54, 1.807) is 36.5 Å². The molecule has 0 unspecified atom stereocenters. The molecule has 0 aliphatic carbocycles. The van der Waals surface area contributed by atoms with Gasteiger partial charge in [0.2, 0.25) is 0 Å². The van der Waals surface area contributed by atoms with Crippen LogP contribution in [0.25, 0.3) is 0 Å². The summed E-state index contributed by atoms with van der Waals surface area (Å²) in [6, 6.07) is 12.7. The van der Waals surface area contributed by atoms with E-state index < -0.39 is 0 Å². The molecule has 1 aromatic heterocycles. The van der Waals surface area contributed by atoms with E-state index in [0.717, 1.165) is 17.9 Å². The summed E-state index contributed by atoms with van der Waals surface area (Å²) in [5.74, 6) is -0.207. The molecule has 0 radical (unpaired) electrons. The van der Waals surface area contributed by atoms with Gasteiger partial charge in [0, 0.05) is 30.7 Å². The number of nitriles is 1. The standard InChI is InChI=1S/C17H19N5O/c1-22(2)9-8-20-17(23)16-11-15(6-7-19-16)21-14-5-3-4-13(10-14)12-18/h3-7,10-11H,8-9H2,1-2H3,(H,19,21)(H,20,23). The van der Waals surface area contributed by atoms with Gasteiger partial charge >= 0.3 is 0 Å². The van der Waals surface area contributed by atoms with Crippen LogP contribution in [0.4, 0.5) is 11.4 Å². The molecule has 6 heteroatoms. The second-order valence-corrected chi connectivity index (χ2v) is 5.31. The number of benzene rings is 1. The van der Waals surface area contributed by atoms with Crippen molar-refractivity contribution in [1.82, 2.24) is 15.2 Å². The number of aromatic nitrogens is 1. The predicted molar refractivity (Wildman–Crippen MR) is 89.6 cm³/mol. The van der Waals surface area contributed by atoms with E-state index in [9.17, 15) is 4.79 Å². The van der Waals surface area contributed by atoms with Gasteiger partial charge in [0.25, 0.3) is 5.91 Å². The number of rotatable bonds is 6.